The largest absolute Gasteiger partial charge is 0.308 e. The average Bonchev–Trinajstić information content (AvgIpc) is 3.04. The number of hydrogen-bond donors (Lipinski definition) is 0. The van der Waals surface area contributed by atoms with Crippen molar-refractivity contribution in [1.82, 2.24) is 9.38 Å². The second kappa shape index (κ2) is 7.69. The summed E-state index contributed by atoms with van der Waals surface area (Å²) in [5.74, 6) is 0.0569. The number of imidazole rings is 1. The maximum Gasteiger partial charge on any atom is 0.233 e. The molecule has 28 heavy (non-hydrogen) atoms. The molecule has 4 nitrogen and oxygen atoms in total. The molecule has 0 atom stereocenters. The SMILES string of the molecule is Cc1nc2c(C)cccn2c1CC(=O)N(Cc1ccccc1)c1ccccc1. The molecule has 0 spiro atoms. The van der Waals surface area contributed by atoms with E-state index in [1.807, 2.05) is 102 Å². The van der Waals surface area contributed by atoms with Crippen LogP contribution in [-0.2, 0) is 17.8 Å². The van der Waals surface area contributed by atoms with E-state index in [9.17, 15) is 4.79 Å². The van der Waals surface area contributed by atoms with Gasteiger partial charge in [0.15, 0.2) is 0 Å². The fraction of sp³-hybridized carbons (Fsp3) is 0.167. The number of carbonyl (C=O) groups is 1. The van der Waals surface area contributed by atoms with Gasteiger partial charge in [0, 0.05) is 11.9 Å². The summed E-state index contributed by atoms with van der Waals surface area (Å²) in [6, 6.07) is 24.0. The number of anilines is 1. The molecular formula is C24H23N3O. The highest BCUT2D eigenvalue weighted by atomic mass is 16.2. The Morgan fingerprint density at radius 3 is 2.32 bits per heavy atom. The fourth-order valence-corrected chi connectivity index (χ4v) is 3.52. The molecule has 0 radical (unpaired) electrons. The van der Waals surface area contributed by atoms with E-state index in [0.29, 0.717) is 13.0 Å². The molecule has 0 aliphatic heterocycles. The maximum absolute atomic E-state index is 13.4. The number of aryl methyl sites for hydroxylation is 2. The van der Waals surface area contributed by atoms with Crippen LogP contribution in [0.2, 0.25) is 0 Å². The number of hydrogen-bond acceptors (Lipinski definition) is 2. The Morgan fingerprint density at radius 1 is 0.929 bits per heavy atom. The summed E-state index contributed by atoms with van der Waals surface area (Å²) < 4.78 is 2.04. The predicted molar refractivity (Wildman–Crippen MR) is 112 cm³/mol. The lowest BCUT2D eigenvalue weighted by atomic mass is 10.1. The molecule has 1 amide bonds. The van der Waals surface area contributed by atoms with E-state index < -0.39 is 0 Å². The topological polar surface area (TPSA) is 37.6 Å². The normalized spacial score (nSPS) is 10.9. The molecule has 0 aliphatic rings. The van der Waals surface area contributed by atoms with E-state index in [1.165, 1.54) is 0 Å². The number of nitrogens with zero attached hydrogens (tertiary/aromatic N) is 3. The second-order valence-electron chi connectivity index (χ2n) is 7.01. The molecule has 0 fully saturated rings. The molecule has 0 aliphatic carbocycles. The molecule has 0 N–H and O–H groups in total. The number of carbonyl (C=O) groups excluding carboxylic acids is 1. The maximum atomic E-state index is 13.4. The van der Waals surface area contributed by atoms with Crippen molar-refractivity contribution in [1.29, 1.82) is 0 Å². The molecule has 0 bridgehead atoms. The number of amides is 1. The van der Waals surface area contributed by atoms with Gasteiger partial charge in [-0.2, -0.15) is 0 Å². The smallest absolute Gasteiger partial charge is 0.233 e. The third-order valence-corrected chi connectivity index (χ3v) is 5.02. The predicted octanol–water partition coefficient (Wildman–Crippen LogP) is 4.73. The first-order valence-electron chi connectivity index (χ1n) is 9.46. The molecule has 4 rings (SSSR count). The molecule has 140 valence electrons. The summed E-state index contributed by atoms with van der Waals surface area (Å²) in [6.07, 6.45) is 2.28. The Bertz CT molecular complexity index is 1100. The van der Waals surface area contributed by atoms with Gasteiger partial charge in [0.25, 0.3) is 0 Å². The van der Waals surface area contributed by atoms with Gasteiger partial charge >= 0.3 is 0 Å². The van der Waals surface area contributed by atoms with Crippen molar-refractivity contribution in [2.45, 2.75) is 26.8 Å². The molecule has 0 saturated carbocycles. The first kappa shape index (κ1) is 18.0. The van der Waals surface area contributed by atoms with E-state index in [-0.39, 0.29) is 5.91 Å². The molecule has 4 aromatic rings. The zero-order valence-electron chi connectivity index (χ0n) is 16.2. The zero-order valence-corrected chi connectivity index (χ0v) is 16.2. The Balaban J connectivity index is 1.68. The van der Waals surface area contributed by atoms with Gasteiger partial charge in [0.05, 0.1) is 24.4 Å². The number of aromatic nitrogens is 2. The van der Waals surface area contributed by atoms with E-state index in [2.05, 4.69) is 4.98 Å². The van der Waals surface area contributed by atoms with Crippen LogP contribution < -0.4 is 4.90 Å². The van der Waals surface area contributed by atoms with Crippen LogP contribution >= 0.6 is 0 Å². The van der Waals surface area contributed by atoms with E-state index in [4.69, 9.17) is 0 Å². The van der Waals surface area contributed by atoms with Crippen LogP contribution in [0.4, 0.5) is 5.69 Å². The zero-order chi connectivity index (χ0) is 19.5. The molecule has 2 aromatic heterocycles. The van der Waals surface area contributed by atoms with Crippen LogP contribution in [0.3, 0.4) is 0 Å². The first-order chi connectivity index (χ1) is 13.6. The van der Waals surface area contributed by atoms with Gasteiger partial charge in [-0.3, -0.25) is 4.79 Å². The van der Waals surface area contributed by atoms with Crippen molar-refractivity contribution < 1.29 is 4.79 Å². The third-order valence-electron chi connectivity index (χ3n) is 5.02. The van der Waals surface area contributed by atoms with Crippen molar-refractivity contribution in [3.8, 4) is 0 Å². The Morgan fingerprint density at radius 2 is 1.61 bits per heavy atom. The Hall–Kier alpha value is -3.40. The van der Waals surface area contributed by atoms with Crippen LogP contribution in [-0.4, -0.2) is 15.3 Å². The number of rotatable bonds is 5. The van der Waals surface area contributed by atoms with Crippen molar-refractivity contribution in [3.05, 3.63) is 102 Å². The van der Waals surface area contributed by atoms with Gasteiger partial charge < -0.3 is 9.30 Å². The third kappa shape index (κ3) is 3.54. The first-order valence-corrected chi connectivity index (χ1v) is 9.46. The summed E-state index contributed by atoms with van der Waals surface area (Å²) in [4.78, 5) is 19.9. The van der Waals surface area contributed by atoms with Gasteiger partial charge in [0.1, 0.15) is 5.65 Å². The van der Waals surface area contributed by atoms with E-state index >= 15 is 0 Å². The number of pyridine rings is 1. The highest BCUT2D eigenvalue weighted by molar-refractivity contribution is 5.94. The Labute approximate surface area is 165 Å². The molecule has 2 heterocycles. The van der Waals surface area contributed by atoms with Crippen molar-refractivity contribution in [2.24, 2.45) is 0 Å². The van der Waals surface area contributed by atoms with Crippen molar-refractivity contribution >= 4 is 17.2 Å². The van der Waals surface area contributed by atoms with Crippen LogP contribution in [0.1, 0.15) is 22.5 Å². The van der Waals surface area contributed by atoms with Crippen LogP contribution in [0.15, 0.2) is 79.0 Å². The van der Waals surface area contributed by atoms with Gasteiger partial charge in [0.2, 0.25) is 5.91 Å². The highest BCUT2D eigenvalue weighted by Crippen LogP contribution is 2.21. The quantitative estimate of drug-likeness (QED) is 0.510. The van der Waals surface area contributed by atoms with Crippen LogP contribution in [0.5, 0.6) is 0 Å². The van der Waals surface area contributed by atoms with E-state index in [0.717, 1.165) is 33.8 Å². The fourth-order valence-electron chi connectivity index (χ4n) is 3.52. The molecular weight excluding hydrogens is 346 g/mol. The standard InChI is InChI=1S/C24H23N3O/c1-18-10-9-15-26-22(19(2)25-24(18)26)16-23(28)27(21-13-7-4-8-14-21)17-20-11-5-3-6-12-20/h3-15H,16-17H2,1-2H3. The molecule has 0 unspecified atom stereocenters. The molecule has 0 saturated heterocycles. The summed E-state index contributed by atoms with van der Waals surface area (Å²) in [5.41, 5.74) is 5.86. The summed E-state index contributed by atoms with van der Waals surface area (Å²) in [6.45, 7) is 4.55. The number of para-hydroxylation sites is 1. The minimum atomic E-state index is 0.0569. The number of benzene rings is 2. The minimum Gasteiger partial charge on any atom is -0.308 e. The lowest BCUT2D eigenvalue weighted by molar-refractivity contribution is -0.118. The van der Waals surface area contributed by atoms with Crippen molar-refractivity contribution in [3.63, 3.8) is 0 Å². The summed E-state index contributed by atoms with van der Waals surface area (Å²) in [5, 5.41) is 0. The highest BCUT2D eigenvalue weighted by Gasteiger charge is 2.20. The van der Waals surface area contributed by atoms with Crippen molar-refractivity contribution in [2.75, 3.05) is 4.90 Å². The average molecular weight is 369 g/mol. The second-order valence-corrected chi connectivity index (χ2v) is 7.01. The molecule has 4 heteroatoms. The Kier molecular flexibility index (Phi) is 4.94. The lowest BCUT2D eigenvalue weighted by Crippen LogP contribution is -2.32. The summed E-state index contributed by atoms with van der Waals surface area (Å²) in [7, 11) is 0. The molecule has 2 aromatic carbocycles. The lowest BCUT2D eigenvalue weighted by Gasteiger charge is -2.23. The summed E-state index contributed by atoms with van der Waals surface area (Å²) >= 11 is 0. The van der Waals surface area contributed by atoms with Gasteiger partial charge in [-0.05, 0) is 43.2 Å². The van der Waals surface area contributed by atoms with Gasteiger partial charge in [-0.15, -0.1) is 0 Å². The van der Waals surface area contributed by atoms with E-state index in [1.54, 1.807) is 0 Å². The van der Waals surface area contributed by atoms with Gasteiger partial charge in [-0.25, -0.2) is 4.98 Å². The van der Waals surface area contributed by atoms with Crippen LogP contribution in [0, 0.1) is 13.8 Å². The van der Waals surface area contributed by atoms with Crippen LogP contribution in [0.25, 0.3) is 5.65 Å². The van der Waals surface area contributed by atoms with Gasteiger partial charge in [-0.1, -0.05) is 54.6 Å². The number of fused-ring (bicyclic) bond motifs is 1. The monoisotopic (exact) mass is 369 g/mol. The minimum absolute atomic E-state index is 0.0569.